The van der Waals surface area contributed by atoms with Crippen LogP contribution in [0, 0.1) is 0 Å². The highest BCUT2D eigenvalue weighted by Gasteiger charge is 2.22. The number of nitrogens with zero attached hydrogens (tertiary/aromatic N) is 1. The van der Waals surface area contributed by atoms with Gasteiger partial charge in [0.1, 0.15) is 0 Å². The van der Waals surface area contributed by atoms with Crippen molar-refractivity contribution >= 4 is 21.9 Å². The Morgan fingerprint density at radius 2 is 2.07 bits per heavy atom. The summed E-state index contributed by atoms with van der Waals surface area (Å²) in [5, 5.41) is 7.69. The van der Waals surface area contributed by atoms with E-state index in [-0.39, 0.29) is 0 Å². The first-order chi connectivity index (χ1) is 6.57. The molecule has 3 N–H and O–H groups in total. The number of para-hydroxylation sites is 1. The van der Waals surface area contributed by atoms with Crippen molar-refractivity contribution in [3.8, 4) is 0 Å². The molecule has 1 aromatic rings. The molecule has 0 amide bonds. The van der Waals surface area contributed by atoms with Crippen molar-refractivity contribution in [2.24, 2.45) is 10.1 Å². The van der Waals surface area contributed by atoms with E-state index in [1.807, 2.05) is 18.2 Å². The lowest BCUT2D eigenvalue weighted by molar-refractivity contribution is 0.588. The van der Waals surface area contributed by atoms with E-state index in [2.05, 4.69) is 10.3 Å². The Bertz CT molecular complexity index is 481. The molecule has 0 saturated carbocycles. The molecule has 5 nitrogen and oxygen atoms in total. The number of anilines is 1. The summed E-state index contributed by atoms with van der Waals surface area (Å²) in [6.07, 6.45) is 1.50. The maximum absolute atomic E-state index is 11.0. The zero-order valence-corrected chi connectivity index (χ0v) is 8.03. The summed E-state index contributed by atoms with van der Waals surface area (Å²) in [5.41, 5.74) is 0.506. The normalized spacial score (nSPS) is 19.9. The molecule has 1 unspecified atom stereocenters. The first-order valence-electron chi connectivity index (χ1n) is 3.98. The van der Waals surface area contributed by atoms with Gasteiger partial charge in [-0.1, -0.05) is 18.2 Å². The zero-order valence-electron chi connectivity index (χ0n) is 7.21. The third-order valence-electron chi connectivity index (χ3n) is 1.90. The molecular formula is C8H9N3O2S. The molecule has 1 aromatic carbocycles. The molecular weight excluding hydrogens is 202 g/mol. The predicted molar refractivity (Wildman–Crippen MR) is 54.6 cm³/mol. The highest BCUT2D eigenvalue weighted by atomic mass is 32.2. The van der Waals surface area contributed by atoms with Crippen molar-refractivity contribution in [2.45, 2.75) is 5.50 Å². The van der Waals surface area contributed by atoms with Crippen LogP contribution in [0.1, 0.15) is 5.56 Å². The topological polar surface area (TPSA) is 84.6 Å². The summed E-state index contributed by atoms with van der Waals surface area (Å²) in [4.78, 5) is 3.79. The number of benzene rings is 1. The molecule has 14 heavy (non-hydrogen) atoms. The molecule has 74 valence electrons. The van der Waals surface area contributed by atoms with Crippen LogP contribution in [0.2, 0.25) is 0 Å². The van der Waals surface area contributed by atoms with Gasteiger partial charge < -0.3 is 5.32 Å². The maximum Gasteiger partial charge on any atom is 0.251 e. The monoisotopic (exact) mass is 211 g/mol. The van der Waals surface area contributed by atoms with Gasteiger partial charge in [-0.05, 0) is 6.07 Å². The Morgan fingerprint density at radius 3 is 2.79 bits per heavy atom. The maximum atomic E-state index is 11.0. The van der Waals surface area contributed by atoms with Crippen LogP contribution < -0.4 is 10.5 Å². The number of primary sulfonamides is 1. The van der Waals surface area contributed by atoms with Gasteiger partial charge in [0.15, 0.2) is 0 Å². The number of rotatable bonds is 1. The minimum absolute atomic E-state index is 0.724. The Kier molecular flexibility index (Phi) is 2.01. The highest BCUT2D eigenvalue weighted by molar-refractivity contribution is 7.89. The number of nitrogens with two attached hydrogens (primary N) is 1. The summed E-state index contributed by atoms with van der Waals surface area (Å²) in [6, 6.07) is 7.28. The fourth-order valence-corrected chi connectivity index (χ4v) is 1.75. The van der Waals surface area contributed by atoms with Gasteiger partial charge in [0.25, 0.3) is 10.0 Å². The summed E-state index contributed by atoms with van der Waals surface area (Å²) in [7, 11) is -3.68. The zero-order chi connectivity index (χ0) is 10.2. The molecule has 1 aliphatic rings. The van der Waals surface area contributed by atoms with E-state index in [4.69, 9.17) is 5.14 Å². The molecule has 2 rings (SSSR count). The van der Waals surface area contributed by atoms with Crippen molar-refractivity contribution in [1.29, 1.82) is 0 Å². The van der Waals surface area contributed by atoms with Gasteiger partial charge in [-0.3, -0.25) is 4.99 Å². The van der Waals surface area contributed by atoms with Crippen LogP contribution in [0.3, 0.4) is 0 Å². The number of hydrogen-bond acceptors (Lipinski definition) is 4. The van der Waals surface area contributed by atoms with E-state index in [1.165, 1.54) is 6.21 Å². The van der Waals surface area contributed by atoms with Crippen molar-refractivity contribution in [1.82, 2.24) is 0 Å². The Hall–Kier alpha value is -1.40. The Morgan fingerprint density at radius 1 is 1.36 bits per heavy atom. The Labute approximate surface area is 81.7 Å². The second-order valence-corrected chi connectivity index (χ2v) is 4.58. The van der Waals surface area contributed by atoms with E-state index < -0.39 is 15.5 Å². The van der Waals surface area contributed by atoms with Crippen molar-refractivity contribution < 1.29 is 8.42 Å². The van der Waals surface area contributed by atoms with Gasteiger partial charge in [0.2, 0.25) is 5.50 Å². The largest absolute Gasteiger partial charge is 0.350 e. The quantitative estimate of drug-likeness (QED) is 0.691. The number of aliphatic imine (C=N–C) groups is 1. The van der Waals surface area contributed by atoms with Gasteiger partial charge in [-0.15, -0.1) is 0 Å². The minimum atomic E-state index is -3.68. The van der Waals surface area contributed by atoms with E-state index in [0.29, 0.717) is 0 Å². The molecule has 0 radical (unpaired) electrons. The summed E-state index contributed by atoms with van der Waals surface area (Å²) in [6.45, 7) is 0. The highest BCUT2D eigenvalue weighted by Crippen LogP contribution is 2.19. The van der Waals surface area contributed by atoms with Crippen LogP contribution in [-0.2, 0) is 10.0 Å². The molecule has 0 aliphatic carbocycles. The second-order valence-electron chi connectivity index (χ2n) is 2.95. The van der Waals surface area contributed by atoms with Crippen molar-refractivity contribution in [3.05, 3.63) is 29.8 Å². The van der Waals surface area contributed by atoms with Gasteiger partial charge in [-0.2, -0.15) is 0 Å². The van der Waals surface area contributed by atoms with E-state index in [1.54, 1.807) is 6.07 Å². The first kappa shape index (κ1) is 9.17. The molecule has 0 aromatic heterocycles. The fraction of sp³-hybridized carbons (Fsp3) is 0.125. The van der Waals surface area contributed by atoms with Gasteiger partial charge in [-0.25, -0.2) is 13.6 Å². The van der Waals surface area contributed by atoms with E-state index >= 15 is 0 Å². The number of nitrogens with one attached hydrogen (secondary N) is 1. The second kappa shape index (κ2) is 3.07. The van der Waals surface area contributed by atoms with E-state index in [0.717, 1.165) is 11.3 Å². The summed E-state index contributed by atoms with van der Waals surface area (Å²) >= 11 is 0. The van der Waals surface area contributed by atoms with Crippen LogP contribution in [-0.4, -0.2) is 20.1 Å². The number of hydrogen-bond donors (Lipinski definition) is 2. The Balaban J connectivity index is 2.40. The standard InChI is InChI=1S/C8H9N3O2S/c9-14(12,13)8-10-5-6-3-1-2-4-7(6)11-8/h1-5,8,11H,(H2,9,12,13). The van der Waals surface area contributed by atoms with Crippen LogP contribution in [0.5, 0.6) is 0 Å². The number of fused-ring (bicyclic) bond motifs is 1. The van der Waals surface area contributed by atoms with Crippen LogP contribution in [0.4, 0.5) is 5.69 Å². The smallest absolute Gasteiger partial charge is 0.251 e. The molecule has 0 spiro atoms. The van der Waals surface area contributed by atoms with Crippen molar-refractivity contribution in [2.75, 3.05) is 5.32 Å². The average Bonchev–Trinajstić information content (AvgIpc) is 2.16. The van der Waals surface area contributed by atoms with Gasteiger partial charge in [0, 0.05) is 17.5 Å². The predicted octanol–water partition coefficient (Wildman–Crippen LogP) is 0.103. The molecule has 0 fully saturated rings. The van der Waals surface area contributed by atoms with E-state index in [9.17, 15) is 8.42 Å². The SMILES string of the molecule is NS(=O)(=O)C1N=Cc2ccccc2N1. The van der Waals surface area contributed by atoms with Crippen LogP contribution in [0.15, 0.2) is 29.3 Å². The average molecular weight is 211 g/mol. The molecule has 6 heteroatoms. The fourth-order valence-electron chi connectivity index (χ4n) is 1.23. The lowest BCUT2D eigenvalue weighted by Crippen LogP contribution is -2.35. The molecule has 1 heterocycles. The van der Waals surface area contributed by atoms with Crippen LogP contribution >= 0.6 is 0 Å². The molecule has 0 saturated heterocycles. The molecule has 1 aliphatic heterocycles. The lowest BCUT2D eigenvalue weighted by atomic mass is 10.2. The van der Waals surface area contributed by atoms with Gasteiger partial charge >= 0.3 is 0 Å². The molecule has 1 atom stereocenters. The summed E-state index contributed by atoms with van der Waals surface area (Å²) in [5.74, 6) is 0. The van der Waals surface area contributed by atoms with Crippen molar-refractivity contribution in [3.63, 3.8) is 0 Å². The van der Waals surface area contributed by atoms with Crippen LogP contribution in [0.25, 0.3) is 0 Å². The summed E-state index contributed by atoms with van der Waals surface area (Å²) < 4.78 is 22.0. The first-order valence-corrected chi connectivity index (χ1v) is 5.59. The van der Waals surface area contributed by atoms with Gasteiger partial charge in [0.05, 0.1) is 0 Å². The minimum Gasteiger partial charge on any atom is -0.350 e. The third-order valence-corrected chi connectivity index (χ3v) is 2.76. The molecule has 0 bridgehead atoms. The third kappa shape index (κ3) is 1.61. The lowest BCUT2D eigenvalue weighted by Gasteiger charge is -2.19. The number of sulfonamides is 1.